The summed E-state index contributed by atoms with van der Waals surface area (Å²) >= 11 is 0. The van der Waals surface area contributed by atoms with Crippen molar-refractivity contribution in [2.45, 2.75) is 77.8 Å². The van der Waals surface area contributed by atoms with E-state index in [1.54, 1.807) is 0 Å². The molecule has 0 aromatic heterocycles. The van der Waals surface area contributed by atoms with Gasteiger partial charge in [-0.3, -0.25) is 14.5 Å². The van der Waals surface area contributed by atoms with Gasteiger partial charge in [-0.15, -0.1) is 0 Å². The Balaban J connectivity index is 1.66. The van der Waals surface area contributed by atoms with Crippen molar-refractivity contribution in [2.24, 2.45) is 11.8 Å². The summed E-state index contributed by atoms with van der Waals surface area (Å²) in [4.78, 5) is 44.7. The van der Waals surface area contributed by atoms with Crippen LogP contribution in [0.3, 0.4) is 0 Å². The highest BCUT2D eigenvalue weighted by atomic mass is 16.2. The molecule has 1 atom stereocenters. The summed E-state index contributed by atoms with van der Waals surface area (Å²) in [6, 6.07) is -0.475. The third kappa shape index (κ3) is 4.44. The third-order valence-corrected chi connectivity index (χ3v) is 6.93. The fraction of sp³-hybridized carbons (Fsp3) is 0.864. The van der Waals surface area contributed by atoms with Crippen molar-refractivity contribution < 1.29 is 14.4 Å². The number of rotatable bonds is 6. The second-order valence-corrected chi connectivity index (χ2v) is 9.48. The zero-order valence-corrected chi connectivity index (χ0v) is 18.6. The Labute approximate surface area is 175 Å². The van der Waals surface area contributed by atoms with Crippen LogP contribution in [0.5, 0.6) is 0 Å². The Morgan fingerprint density at radius 3 is 2.38 bits per heavy atom. The normalized spacial score (nSPS) is 25.4. The molecule has 0 bridgehead atoms. The number of likely N-dealkylation sites (tertiary alicyclic amines) is 2. The van der Waals surface area contributed by atoms with E-state index in [2.05, 4.69) is 24.1 Å². The monoisotopic (exact) mass is 406 g/mol. The number of piperidine rings is 2. The highest BCUT2D eigenvalue weighted by Gasteiger charge is 2.54. The van der Waals surface area contributed by atoms with Crippen molar-refractivity contribution in [3.8, 4) is 0 Å². The molecule has 7 nitrogen and oxygen atoms in total. The van der Waals surface area contributed by atoms with Crippen molar-refractivity contribution in [1.82, 2.24) is 20.0 Å². The largest absolute Gasteiger partial charge is 0.340 e. The van der Waals surface area contributed by atoms with Crippen LogP contribution in [-0.4, -0.2) is 76.8 Å². The summed E-state index contributed by atoms with van der Waals surface area (Å²) in [5.74, 6) is 0.723. The van der Waals surface area contributed by atoms with Gasteiger partial charge in [0.05, 0.1) is 6.04 Å². The van der Waals surface area contributed by atoms with Crippen molar-refractivity contribution in [3.63, 3.8) is 0 Å². The first-order valence-electron chi connectivity index (χ1n) is 11.5. The van der Waals surface area contributed by atoms with Crippen LogP contribution in [0.2, 0.25) is 0 Å². The first-order chi connectivity index (χ1) is 13.8. The minimum Gasteiger partial charge on any atom is -0.340 e. The lowest BCUT2D eigenvalue weighted by atomic mass is 9.86. The first-order valence-corrected chi connectivity index (χ1v) is 11.5. The molecular weight excluding hydrogens is 368 g/mol. The zero-order chi connectivity index (χ0) is 21.2. The highest BCUT2D eigenvalue weighted by molar-refractivity contribution is 6.07. The molecule has 3 aliphatic heterocycles. The van der Waals surface area contributed by atoms with Crippen LogP contribution in [0.25, 0.3) is 0 Å². The highest BCUT2D eigenvalue weighted by Crippen LogP contribution is 2.33. The van der Waals surface area contributed by atoms with E-state index in [-0.39, 0.29) is 29.8 Å². The number of urea groups is 1. The summed E-state index contributed by atoms with van der Waals surface area (Å²) < 4.78 is 0. The van der Waals surface area contributed by atoms with Gasteiger partial charge in [-0.25, -0.2) is 4.79 Å². The Morgan fingerprint density at radius 2 is 1.79 bits per heavy atom. The molecule has 0 radical (unpaired) electrons. The number of amides is 4. The summed E-state index contributed by atoms with van der Waals surface area (Å²) in [6.07, 6.45) is 4.61. The minimum absolute atomic E-state index is 0.0356. The summed E-state index contributed by atoms with van der Waals surface area (Å²) in [5, 5.41) is 3.04. The third-order valence-electron chi connectivity index (χ3n) is 6.93. The van der Waals surface area contributed by atoms with Crippen LogP contribution in [0.1, 0.15) is 66.2 Å². The lowest BCUT2D eigenvalue weighted by Gasteiger charge is -2.40. The molecule has 3 aliphatic rings. The SMILES string of the molecule is CCC(CC)C(=O)N1CCC[C@@H](N2C(=O)NC3(CCN(CC(C)C)CC3)C2=O)C1. The molecule has 0 aromatic carbocycles. The Hall–Kier alpha value is -1.63. The lowest BCUT2D eigenvalue weighted by Crippen LogP contribution is -2.56. The lowest BCUT2D eigenvalue weighted by molar-refractivity contribution is -0.141. The summed E-state index contributed by atoms with van der Waals surface area (Å²) in [6.45, 7) is 12.4. The molecule has 3 heterocycles. The average Bonchev–Trinajstić information content (AvgIpc) is 2.94. The van der Waals surface area contributed by atoms with E-state index < -0.39 is 5.54 Å². The molecule has 29 heavy (non-hydrogen) atoms. The van der Waals surface area contributed by atoms with Gasteiger partial charge < -0.3 is 15.1 Å². The van der Waals surface area contributed by atoms with E-state index in [0.29, 0.717) is 25.3 Å². The van der Waals surface area contributed by atoms with Gasteiger partial charge in [-0.1, -0.05) is 27.7 Å². The fourth-order valence-corrected chi connectivity index (χ4v) is 5.21. The van der Waals surface area contributed by atoms with Gasteiger partial charge in [0, 0.05) is 38.6 Å². The maximum absolute atomic E-state index is 13.4. The molecule has 7 heteroatoms. The van der Waals surface area contributed by atoms with E-state index in [4.69, 9.17) is 0 Å². The Kier molecular flexibility index (Phi) is 6.87. The number of imide groups is 1. The second-order valence-electron chi connectivity index (χ2n) is 9.48. The Morgan fingerprint density at radius 1 is 1.14 bits per heavy atom. The zero-order valence-electron chi connectivity index (χ0n) is 18.6. The average molecular weight is 407 g/mol. The van der Waals surface area contributed by atoms with Crippen molar-refractivity contribution in [1.29, 1.82) is 0 Å². The van der Waals surface area contributed by atoms with E-state index >= 15 is 0 Å². The number of hydrogen-bond acceptors (Lipinski definition) is 4. The number of carbonyl (C=O) groups is 3. The van der Waals surface area contributed by atoms with E-state index in [9.17, 15) is 14.4 Å². The van der Waals surface area contributed by atoms with Crippen molar-refractivity contribution in [2.75, 3.05) is 32.7 Å². The molecule has 0 unspecified atom stereocenters. The van der Waals surface area contributed by atoms with Crippen molar-refractivity contribution >= 4 is 17.8 Å². The molecule has 0 aliphatic carbocycles. The molecule has 0 saturated carbocycles. The standard InChI is InChI=1S/C22H38N4O3/c1-5-17(6-2)19(27)25-11-7-8-18(15-25)26-20(28)22(23-21(26)29)9-12-24(13-10-22)14-16(3)4/h16-18H,5-15H2,1-4H3,(H,23,29)/t18-/m1/s1. The molecule has 4 amide bonds. The van der Waals surface area contributed by atoms with Gasteiger partial charge in [-0.2, -0.15) is 0 Å². The van der Waals surface area contributed by atoms with Crippen LogP contribution < -0.4 is 5.32 Å². The number of nitrogens with one attached hydrogen (secondary N) is 1. The van der Waals surface area contributed by atoms with Gasteiger partial charge in [0.15, 0.2) is 0 Å². The van der Waals surface area contributed by atoms with E-state index in [1.807, 2.05) is 18.7 Å². The maximum atomic E-state index is 13.4. The van der Waals surface area contributed by atoms with Crippen LogP contribution >= 0.6 is 0 Å². The molecule has 1 spiro atoms. The maximum Gasteiger partial charge on any atom is 0.325 e. The second kappa shape index (κ2) is 9.02. The van der Waals surface area contributed by atoms with Crippen LogP contribution in [0, 0.1) is 11.8 Å². The molecule has 3 saturated heterocycles. The molecule has 0 aromatic rings. The van der Waals surface area contributed by atoms with Gasteiger partial charge in [0.2, 0.25) is 5.91 Å². The van der Waals surface area contributed by atoms with E-state index in [0.717, 1.165) is 51.9 Å². The predicted molar refractivity (Wildman–Crippen MR) is 112 cm³/mol. The van der Waals surface area contributed by atoms with Gasteiger partial charge in [0.1, 0.15) is 5.54 Å². The van der Waals surface area contributed by atoms with E-state index in [1.165, 1.54) is 4.90 Å². The topological polar surface area (TPSA) is 73.0 Å². The molecule has 3 fully saturated rings. The number of hydrogen-bond donors (Lipinski definition) is 1. The van der Waals surface area contributed by atoms with Crippen molar-refractivity contribution in [3.05, 3.63) is 0 Å². The number of nitrogens with zero attached hydrogens (tertiary/aromatic N) is 3. The summed E-state index contributed by atoms with van der Waals surface area (Å²) in [5.41, 5.74) is -0.744. The smallest absolute Gasteiger partial charge is 0.325 e. The first kappa shape index (κ1) is 22.1. The van der Waals surface area contributed by atoms with Gasteiger partial charge in [0.25, 0.3) is 5.91 Å². The number of carbonyl (C=O) groups excluding carboxylic acids is 3. The van der Waals surface area contributed by atoms with Crippen LogP contribution in [-0.2, 0) is 9.59 Å². The predicted octanol–water partition coefficient (Wildman–Crippen LogP) is 2.46. The molecular formula is C22H38N4O3. The molecule has 164 valence electrons. The quantitative estimate of drug-likeness (QED) is 0.688. The summed E-state index contributed by atoms with van der Waals surface area (Å²) in [7, 11) is 0. The molecule has 3 rings (SSSR count). The fourth-order valence-electron chi connectivity index (χ4n) is 5.21. The molecule has 1 N–H and O–H groups in total. The minimum atomic E-state index is -0.744. The van der Waals surface area contributed by atoms with Crippen LogP contribution in [0.4, 0.5) is 4.79 Å². The van der Waals surface area contributed by atoms with Gasteiger partial charge in [-0.05, 0) is 44.4 Å². The van der Waals surface area contributed by atoms with Crippen LogP contribution in [0.15, 0.2) is 0 Å². The van der Waals surface area contributed by atoms with Gasteiger partial charge >= 0.3 is 6.03 Å². The Bertz CT molecular complexity index is 624.